The zero-order valence-electron chi connectivity index (χ0n) is 29.5. The first kappa shape index (κ1) is 41.7. The minimum absolute atomic E-state index is 0.00375. The molecule has 0 aliphatic heterocycles. The molecule has 0 bridgehead atoms. The first-order chi connectivity index (χ1) is 26.2. The van der Waals surface area contributed by atoms with Gasteiger partial charge >= 0.3 is 36.4 Å². The molecule has 0 fully saturated rings. The van der Waals surface area contributed by atoms with Gasteiger partial charge in [0, 0.05) is 0 Å². The van der Waals surface area contributed by atoms with Crippen molar-refractivity contribution in [1.82, 2.24) is 0 Å². The van der Waals surface area contributed by atoms with Crippen LogP contribution in [0, 0.1) is 5.92 Å². The second kappa shape index (κ2) is 23.0. The number of ether oxygens (including phenoxy) is 6. The average Bonchev–Trinajstić information content (AvgIpc) is 3.18. The molecule has 0 aliphatic carbocycles. The lowest BCUT2D eigenvalue weighted by Crippen LogP contribution is -2.22. The summed E-state index contributed by atoms with van der Waals surface area (Å²) in [6, 6.07) is 18.4. The molecule has 54 heavy (non-hydrogen) atoms. The largest absolute Gasteiger partial charge is 0.549 e. The molecule has 3 rings (SSSR count). The standard InChI is InChI=1S/C36H38O18/c1-4-43-28-16-10-7-13-25(28)31(37)49-52-34(40)46-21-19-24(23-48-36(42)54-51-33(39)27-15-9-12-18-30(27)45-6-3)20-22-47-35(41)53-50-32(38)26-14-8-11-17-29(26)44-5-2/h7-18,24H,4-6,19-23H2,1-3H3. The Hall–Kier alpha value is -6.72. The summed E-state index contributed by atoms with van der Waals surface area (Å²) in [5.74, 6) is -3.14. The highest BCUT2D eigenvalue weighted by molar-refractivity contribution is 5.93. The fourth-order valence-corrected chi connectivity index (χ4v) is 4.29. The van der Waals surface area contributed by atoms with E-state index in [1.807, 2.05) is 0 Å². The van der Waals surface area contributed by atoms with Crippen molar-refractivity contribution in [2.75, 3.05) is 39.6 Å². The smallest absolute Gasteiger partial charge is 0.493 e. The Morgan fingerprint density at radius 1 is 0.444 bits per heavy atom. The Labute approximate surface area is 308 Å². The summed E-state index contributed by atoms with van der Waals surface area (Å²) in [5, 5.41) is 0. The molecule has 0 aliphatic rings. The zero-order chi connectivity index (χ0) is 39.1. The molecule has 0 radical (unpaired) electrons. The minimum Gasteiger partial charge on any atom is -0.493 e. The maximum atomic E-state index is 12.4. The van der Waals surface area contributed by atoms with Crippen LogP contribution in [-0.2, 0) is 43.5 Å². The molecule has 0 unspecified atom stereocenters. The highest BCUT2D eigenvalue weighted by Gasteiger charge is 2.22. The molecule has 18 nitrogen and oxygen atoms in total. The highest BCUT2D eigenvalue weighted by atomic mass is 17.2. The molecular weight excluding hydrogens is 720 g/mol. The van der Waals surface area contributed by atoms with Crippen molar-refractivity contribution < 1.29 is 86.5 Å². The second-order valence-electron chi connectivity index (χ2n) is 10.4. The van der Waals surface area contributed by atoms with E-state index in [9.17, 15) is 28.8 Å². The third-order valence-electron chi connectivity index (χ3n) is 6.71. The third kappa shape index (κ3) is 14.1. The molecule has 0 N–H and O–H groups in total. The number of hydrogen-bond acceptors (Lipinski definition) is 18. The van der Waals surface area contributed by atoms with Gasteiger partial charge in [0.15, 0.2) is 0 Å². The Morgan fingerprint density at radius 2 is 0.759 bits per heavy atom. The van der Waals surface area contributed by atoms with E-state index in [1.165, 1.54) is 36.4 Å². The van der Waals surface area contributed by atoms with Crippen molar-refractivity contribution in [3.8, 4) is 17.2 Å². The lowest BCUT2D eigenvalue weighted by atomic mass is 10.0. The van der Waals surface area contributed by atoms with E-state index in [0.717, 1.165) is 0 Å². The molecule has 0 saturated carbocycles. The Balaban J connectivity index is 1.50. The maximum Gasteiger partial charge on any atom is 0.549 e. The van der Waals surface area contributed by atoms with Gasteiger partial charge < -0.3 is 28.4 Å². The molecule has 290 valence electrons. The molecule has 0 saturated heterocycles. The molecule has 3 aromatic carbocycles. The van der Waals surface area contributed by atoms with E-state index in [4.69, 9.17) is 28.4 Å². The molecule has 18 heteroatoms. The Morgan fingerprint density at radius 3 is 1.09 bits per heavy atom. The number of benzene rings is 3. The van der Waals surface area contributed by atoms with E-state index in [-0.39, 0.29) is 79.8 Å². The fraction of sp³-hybridized carbons (Fsp3) is 0.333. The van der Waals surface area contributed by atoms with Gasteiger partial charge in [-0.2, -0.15) is 14.4 Å². The molecule has 0 aromatic heterocycles. The van der Waals surface area contributed by atoms with Crippen LogP contribution in [0.4, 0.5) is 14.4 Å². The highest BCUT2D eigenvalue weighted by Crippen LogP contribution is 2.21. The predicted octanol–water partition coefficient (Wildman–Crippen LogP) is 6.35. The topological polar surface area (TPSA) is 213 Å². The summed E-state index contributed by atoms with van der Waals surface area (Å²) in [6.45, 7) is 4.82. The first-order valence-electron chi connectivity index (χ1n) is 16.5. The van der Waals surface area contributed by atoms with Crippen LogP contribution in [0.3, 0.4) is 0 Å². The molecule has 0 spiro atoms. The quantitative estimate of drug-likeness (QED) is 0.0634. The maximum absolute atomic E-state index is 12.4. The van der Waals surface area contributed by atoms with Crippen molar-refractivity contribution >= 4 is 36.4 Å². The summed E-state index contributed by atoms with van der Waals surface area (Å²) in [5.41, 5.74) is -0.000411. The average molecular weight is 759 g/mol. The van der Waals surface area contributed by atoms with E-state index in [2.05, 4.69) is 29.3 Å². The summed E-state index contributed by atoms with van der Waals surface area (Å²) >= 11 is 0. The SMILES string of the molecule is CCOc1ccccc1C(=O)OOC(=O)OCCC(CCOC(=O)OOC(=O)c1ccccc1OCC)COC(=O)OOC(=O)c1ccccc1OCC. The van der Waals surface area contributed by atoms with Gasteiger partial charge in [-0.15, -0.1) is 0 Å². The van der Waals surface area contributed by atoms with Crippen LogP contribution in [0.5, 0.6) is 17.2 Å². The molecular formula is C36H38O18. The van der Waals surface area contributed by atoms with Gasteiger partial charge in [-0.3, -0.25) is 0 Å². The lowest BCUT2D eigenvalue weighted by molar-refractivity contribution is -0.206. The normalized spacial score (nSPS) is 10.2. The monoisotopic (exact) mass is 758 g/mol. The Kier molecular flexibility index (Phi) is 17.7. The van der Waals surface area contributed by atoms with Crippen LogP contribution in [0.15, 0.2) is 72.8 Å². The van der Waals surface area contributed by atoms with E-state index in [0.29, 0.717) is 0 Å². The van der Waals surface area contributed by atoms with E-state index < -0.39 is 48.9 Å². The van der Waals surface area contributed by atoms with Crippen LogP contribution in [-0.4, -0.2) is 76.0 Å². The number of hydrogen-bond donors (Lipinski definition) is 0. The summed E-state index contributed by atoms with van der Waals surface area (Å²) in [7, 11) is 0. The molecule has 0 heterocycles. The van der Waals surface area contributed by atoms with Gasteiger partial charge in [0.2, 0.25) is 0 Å². The third-order valence-corrected chi connectivity index (χ3v) is 6.71. The van der Waals surface area contributed by atoms with Gasteiger partial charge in [0.25, 0.3) is 0 Å². The van der Waals surface area contributed by atoms with Crippen molar-refractivity contribution in [1.29, 1.82) is 0 Å². The van der Waals surface area contributed by atoms with Gasteiger partial charge in [0.05, 0.1) is 39.6 Å². The van der Waals surface area contributed by atoms with E-state index in [1.54, 1.807) is 57.2 Å². The minimum atomic E-state index is -1.40. The van der Waals surface area contributed by atoms with Gasteiger partial charge in [0.1, 0.15) is 33.9 Å². The van der Waals surface area contributed by atoms with E-state index >= 15 is 0 Å². The summed E-state index contributed by atoms with van der Waals surface area (Å²) < 4.78 is 31.0. The predicted molar refractivity (Wildman–Crippen MR) is 179 cm³/mol. The van der Waals surface area contributed by atoms with Crippen molar-refractivity contribution in [2.24, 2.45) is 5.92 Å². The van der Waals surface area contributed by atoms with Crippen LogP contribution in [0.1, 0.15) is 64.7 Å². The lowest BCUT2D eigenvalue weighted by Gasteiger charge is -2.16. The number of carbonyl (C=O) groups is 6. The van der Waals surface area contributed by atoms with Gasteiger partial charge in [-0.05, 0) is 75.9 Å². The molecule has 0 amide bonds. The van der Waals surface area contributed by atoms with Gasteiger partial charge in [-0.1, -0.05) is 36.4 Å². The number of carbonyl (C=O) groups excluding carboxylic acids is 6. The first-order valence-corrected chi connectivity index (χ1v) is 16.5. The fourth-order valence-electron chi connectivity index (χ4n) is 4.29. The van der Waals surface area contributed by atoms with Crippen molar-refractivity contribution in [3.05, 3.63) is 89.5 Å². The molecule has 0 atom stereocenters. The summed E-state index contributed by atoms with van der Waals surface area (Å²) in [4.78, 5) is 101. The van der Waals surface area contributed by atoms with Crippen molar-refractivity contribution in [3.63, 3.8) is 0 Å². The number of para-hydroxylation sites is 3. The molecule has 3 aromatic rings. The second-order valence-corrected chi connectivity index (χ2v) is 10.4. The Bertz CT molecular complexity index is 1620. The van der Waals surface area contributed by atoms with Crippen LogP contribution < -0.4 is 14.2 Å². The van der Waals surface area contributed by atoms with Crippen LogP contribution >= 0.6 is 0 Å². The van der Waals surface area contributed by atoms with Crippen molar-refractivity contribution in [2.45, 2.75) is 33.6 Å². The zero-order valence-corrected chi connectivity index (χ0v) is 29.5. The van der Waals surface area contributed by atoms with Gasteiger partial charge in [-0.25, -0.2) is 43.7 Å². The number of rotatable bonds is 17. The summed E-state index contributed by atoms with van der Waals surface area (Å²) in [6.07, 6.45) is -4.22. The van der Waals surface area contributed by atoms with Crippen LogP contribution in [0.2, 0.25) is 0 Å². The van der Waals surface area contributed by atoms with Crippen LogP contribution in [0.25, 0.3) is 0 Å².